The van der Waals surface area contributed by atoms with Crippen LogP contribution in [0.3, 0.4) is 0 Å². The molecule has 0 heterocycles. The number of aryl methyl sites for hydroxylation is 1. The fraction of sp³-hybridized carbons (Fsp3) is 0.529. The Morgan fingerprint density at radius 1 is 1.24 bits per heavy atom. The first-order valence-electron chi connectivity index (χ1n) is 6.94. The Kier molecular flexibility index (Phi) is 6.04. The summed E-state index contributed by atoms with van der Waals surface area (Å²) in [5.74, 6) is 0.713. The molecule has 0 saturated carbocycles. The van der Waals surface area contributed by atoms with Crippen LogP contribution in [0.2, 0.25) is 0 Å². The van der Waals surface area contributed by atoms with Crippen molar-refractivity contribution in [3.05, 3.63) is 34.2 Å². The Balaban J connectivity index is 2.80. The third-order valence-corrected chi connectivity index (χ3v) is 3.42. The molecule has 1 unspecified atom stereocenters. The van der Waals surface area contributed by atoms with Crippen LogP contribution in [0.25, 0.3) is 12.7 Å². The lowest BCUT2D eigenvalue weighted by atomic mass is 9.97. The molecule has 0 fully saturated rings. The summed E-state index contributed by atoms with van der Waals surface area (Å²) < 4.78 is 0. The van der Waals surface area contributed by atoms with Crippen LogP contribution in [0.1, 0.15) is 51.5 Å². The van der Waals surface area contributed by atoms with E-state index in [1.54, 1.807) is 0 Å². The van der Waals surface area contributed by atoms with Gasteiger partial charge in [0.2, 0.25) is 0 Å². The van der Waals surface area contributed by atoms with Gasteiger partial charge in [-0.25, -0.2) is 0 Å². The quantitative estimate of drug-likeness (QED) is 0.652. The molecule has 0 heteroatoms. The Morgan fingerprint density at radius 3 is 2.59 bits per heavy atom. The lowest BCUT2D eigenvalue weighted by Gasteiger charge is -2.09. The highest BCUT2D eigenvalue weighted by atomic mass is 14.1. The van der Waals surface area contributed by atoms with Gasteiger partial charge in [-0.15, -0.1) is 0 Å². The fourth-order valence-corrected chi connectivity index (χ4v) is 2.21. The van der Waals surface area contributed by atoms with Crippen LogP contribution in [-0.2, 0) is 0 Å². The normalized spacial score (nSPS) is 13.9. The molecule has 1 atom stereocenters. The minimum absolute atomic E-state index is 0.713. The molecule has 0 aromatic heterocycles. The first-order chi connectivity index (χ1) is 8.17. The Morgan fingerprint density at radius 2 is 2.00 bits per heavy atom. The minimum atomic E-state index is 0.713. The van der Waals surface area contributed by atoms with Crippen molar-refractivity contribution in [3.8, 4) is 0 Å². The van der Waals surface area contributed by atoms with Gasteiger partial charge in [0.25, 0.3) is 0 Å². The molecule has 0 spiro atoms. The van der Waals surface area contributed by atoms with Gasteiger partial charge in [-0.1, -0.05) is 69.5 Å². The molecular weight excluding hydrogens is 204 g/mol. The zero-order valence-corrected chi connectivity index (χ0v) is 11.6. The molecule has 0 bridgehead atoms. The van der Waals surface area contributed by atoms with Gasteiger partial charge in [-0.2, -0.15) is 0 Å². The molecule has 0 nitrogen and oxygen atoms in total. The van der Waals surface area contributed by atoms with Crippen LogP contribution in [0, 0.1) is 12.8 Å². The van der Waals surface area contributed by atoms with E-state index in [4.69, 9.17) is 0 Å². The zero-order chi connectivity index (χ0) is 12.7. The molecule has 1 rings (SSSR count). The monoisotopic (exact) mass is 230 g/mol. The van der Waals surface area contributed by atoms with Crippen molar-refractivity contribution in [2.45, 2.75) is 52.9 Å². The van der Waals surface area contributed by atoms with Crippen molar-refractivity contribution in [3.63, 3.8) is 0 Å². The number of benzene rings is 1. The number of hydrogen-bond acceptors (Lipinski definition) is 0. The van der Waals surface area contributed by atoms with Gasteiger partial charge < -0.3 is 0 Å². The van der Waals surface area contributed by atoms with Crippen LogP contribution in [-0.4, -0.2) is 0 Å². The Bertz CT molecular complexity index is 428. The van der Waals surface area contributed by atoms with Crippen molar-refractivity contribution in [1.29, 1.82) is 0 Å². The van der Waals surface area contributed by atoms with E-state index < -0.39 is 0 Å². The summed E-state index contributed by atoms with van der Waals surface area (Å²) in [5.41, 5.74) is 1.30. The van der Waals surface area contributed by atoms with Crippen molar-refractivity contribution in [2.24, 2.45) is 5.92 Å². The summed E-state index contributed by atoms with van der Waals surface area (Å²) >= 11 is 0. The zero-order valence-electron chi connectivity index (χ0n) is 11.6. The molecule has 94 valence electrons. The van der Waals surface area contributed by atoms with Crippen LogP contribution >= 0.6 is 0 Å². The van der Waals surface area contributed by atoms with Gasteiger partial charge >= 0.3 is 0 Å². The van der Waals surface area contributed by atoms with E-state index in [1.807, 2.05) is 0 Å². The highest BCUT2D eigenvalue weighted by molar-refractivity contribution is 5.31. The topological polar surface area (TPSA) is 0 Å². The second-order valence-electron chi connectivity index (χ2n) is 5.03. The molecule has 0 aliphatic rings. The summed E-state index contributed by atoms with van der Waals surface area (Å²) in [7, 11) is 0. The van der Waals surface area contributed by atoms with E-state index in [9.17, 15) is 0 Å². The third kappa shape index (κ3) is 4.77. The minimum Gasteiger partial charge on any atom is -0.0912 e. The van der Waals surface area contributed by atoms with Crippen LogP contribution in [0.4, 0.5) is 0 Å². The summed E-state index contributed by atoms with van der Waals surface area (Å²) in [6.45, 7) is 10.8. The van der Waals surface area contributed by atoms with E-state index in [0.717, 1.165) is 0 Å². The van der Waals surface area contributed by atoms with Gasteiger partial charge in [-0.05, 0) is 36.1 Å². The summed E-state index contributed by atoms with van der Waals surface area (Å²) in [6.07, 6.45) is 8.98. The smallest absolute Gasteiger partial charge is 0.0227 e. The standard InChI is InChI=1S/C17H26/c1-5-7-8-9-16(6-2)13-17-11-10-14(3)12-15(17)4/h10-13,16H,4-9H2,1-3H3/b17-13-. The van der Waals surface area contributed by atoms with Crippen molar-refractivity contribution >= 4 is 12.7 Å². The van der Waals surface area contributed by atoms with Gasteiger partial charge in [0, 0.05) is 0 Å². The average Bonchev–Trinajstić information content (AvgIpc) is 2.31. The number of unbranched alkanes of at least 4 members (excludes halogenated alkanes) is 2. The van der Waals surface area contributed by atoms with Crippen LogP contribution in [0.5, 0.6) is 0 Å². The average molecular weight is 230 g/mol. The van der Waals surface area contributed by atoms with E-state index in [2.05, 4.69) is 51.6 Å². The Hall–Kier alpha value is -1.04. The highest BCUT2D eigenvalue weighted by Crippen LogP contribution is 2.14. The summed E-state index contributed by atoms with van der Waals surface area (Å²) in [5, 5.41) is 2.48. The maximum atomic E-state index is 4.13. The second kappa shape index (κ2) is 7.32. The lowest BCUT2D eigenvalue weighted by Crippen LogP contribution is -2.24. The van der Waals surface area contributed by atoms with E-state index >= 15 is 0 Å². The van der Waals surface area contributed by atoms with Gasteiger partial charge in [0.1, 0.15) is 0 Å². The molecule has 1 aromatic rings. The number of rotatable bonds is 6. The molecule has 0 aliphatic heterocycles. The van der Waals surface area contributed by atoms with Gasteiger partial charge in [0.15, 0.2) is 0 Å². The second-order valence-corrected chi connectivity index (χ2v) is 5.03. The van der Waals surface area contributed by atoms with E-state index in [0.29, 0.717) is 5.92 Å². The molecule has 0 N–H and O–H groups in total. The molecular formula is C17H26. The SMILES string of the molecule is C=c1cc(C)cc/c1=C/C(CC)CCCCC. The van der Waals surface area contributed by atoms with Gasteiger partial charge in [0.05, 0.1) is 0 Å². The molecule has 1 aromatic carbocycles. The van der Waals surface area contributed by atoms with E-state index in [1.165, 1.54) is 48.1 Å². The molecule has 0 radical (unpaired) electrons. The maximum absolute atomic E-state index is 4.13. The highest BCUT2D eigenvalue weighted by Gasteiger charge is 2.01. The first-order valence-corrected chi connectivity index (χ1v) is 6.94. The Labute approximate surface area is 106 Å². The molecule has 0 saturated heterocycles. The first kappa shape index (κ1) is 14.0. The van der Waals surface area contributed by atoms with Crippen molar-refractivity contribution in [2.75, 3.05) is 0 Å². The lowest BCUT2D eigenvalue weighted by molar-refractivity contribution is 0.547. The summed E-state index contributed by atoms with van der Waals surface area (Å²) in [6, 6.07) is 6.56. The van der Waals surface area contributed by atoms with Gasteiger partial charge in [-0.3, -0.25) is 0 Å². The van der Waals surface area contributed by atoms with E-state index in [-0.39, 0.29) is 0 Å². The number of hydrogen-bond donors (Lipinski definition) is 0. The van der Waals surface area contributed by atoms with Crippen molar-refractivity contribution in [1.82, 2.24) is 0 Å². The summed E-state index contributed by atoms with van der Waals surface area (Å²) in [4.78, 5) is 0. The van der Waals surface area contributed by atoms with Crippen LogP contribution in [0.15, 0.2) is 18.2 Å². The predicted octanol–water partition coefficient (Wildman–Crippen LogP) is 3.79. The van der Waals surface area contributed by atoms with Crippen LogP contribution < -0.4 is 10.4 Å². The predicted molar refractivity (Wildman–Crippen MR) is 78.3 cm³/mol. The van der Waals surface area contributed by atoms with Crippen molar-refractivity contribution < 1.29 is 0 Å². The largest absolute Gasteiger partial charge is 0.0912 e. The molecule has 0 aliphatic carbocycles. The maximum Gasteiger partial charge on any atom is -0.0227 e. The molecule has 17 heavy (non-hydrogen) atoms. The fourth-order valence-electron chi connectivity index (χ4n) is 2.21. The third-order valence-electron chi connectivity index (χ3n) is 3.42. The molecule has 0 amide bonds.